The molecular weight excluding hydrogens is 392 g/mol. The maximum absolute atomic E-state index is 13.0. The van der Waals surface area contributed by atoms with Gasteiger partial charge in [-0.25, -0.2) is 4.79 Å². The number of carbonyl (C=O) groups excluding carboxylic acids is 2. The molecule has 1 aliphatic heterocycles. The molecule has 0 unspecified atom stereocenters. The first-order valence-corrected chi connectivity index (χ1v) is 8.64. The van der Waals surface area contributed by atoms with Crippen molar-refractivity contribution < 1.29 is 14.5 Å². The molecule has 150 valence electrons. The highest BCUT2D eigenvalue weighted by molar-refractivity contribution is 6.13. The van der Waals surface area contributed by atoms with Crippen molar-refractivity contribution in [2.45, 2.75) is 0 Å². The van der Waals surface area contributed by atoms with Crippen LogP contribution in [0.1, 0.15) is 10.4 Å². The van der Waals surface area contributed by atoms with Crippen molar-refractivity contribution >= 4 is 40.6 Å². The Balaban J connectivity index is 1.85. The Bertz CT molecular complexity index is 1200. The normalized spacial score (nSPS) is 13.2. The number of amides is 2. The van der Waals surface area contributed by atoms with E-state index in [1.807, 2.05) is 0 Å². The van der Waals surface area contributed by atoms with Crippen LogP contribution >= 0.6 is 0 Å². The molecule has 0 N–H and O–H groups in total. The van der Waals surface area contributed by atoms with Crippen LogP contribution in [0.15, 0.2) is 59.0 Å². The van der Waals surface area contributed by atoms with Crippen molar-refractivity contribution in [1.82, 2.24) is 14.8 Å². The van der Waals surface area contributed by atoms with Gasteiger partial charge < -0.3 is 0 Å². The van der Waals surface area contributed by atoms with E-state index in [1.165, 1.54) is 66.6 Å². The van der Waals surface area contributed by atoms with Gasteiger partial charge in [-0.2, -0.15) is 4.68 Å². The van der Waals surface area contributed by atoms with Gasteiger partial charge in [0.1, 0.15) is 0 Å². The van der Waals surface area contributed by atoms with Gasteiger partial charge in [-0.1, -0.05) is 12.1 Å². The first-order valence-electron chi connectivity index (χ1n) is 8.64. The van der Waals surface area contributed by atoms with Crippen LogP contribution in [0.4, 0.5) is 33.5 Å². The van der Waals surface area contributed by atoms with Gasteiger partial charge >= 0.3 is 6.03 Å². The smallest absolute Gasteiger partial charge is 0.279 e. The van der Waals surface area contributed by atoms with E-state index in [2.05, 4.69) is 20.3 Å². The molecule has 0 fully saturated rings. The standard InChI is InChI=1S/C18H14N8O4/c1-23-15-14(21-20-12-5-3-4-6-13(12)26(29)30)16(24(2)18(23)28)25(22-15)17(27)11-7-9-19-10-8-11/h3-10H,1-2H3. The summed E-state index contributed by atoms with van der Waals surface area (Å²) in [7, 11) is 2.95. The summed E-state index contributed by atoms with van der Waals surface area (Å²) in [5, 5.41) is 23.5. The molecule has 2 amide bonds. The van der Waals surface area contributed by atoms with Gasteiger partial charge in [0.15, 0.2) is 23.0 Å². The van der Waals surface area contributed by atoms with Crippen molar-refractivity contribution in [3.05, 3.63) is 64.5 Å². The predicted octanol–water partition coefficient (Wildman–Crippen LogP) is 3.30. The molecule has 4 rings (SSSR count). The lowest BCUT2D eigenvalue weighted by atomic mass is 10.2. The Morgan fingerprint density at radius 2 is 1.77 bits per heavy atom. The number of rotatable bonds is 4. The fourth-order valence-corrected chi connectivity index (χ4v) is 2.98. The van der Waals surface area contributed by atoms with Gasteiger partial charge in [-0.3, -0.25) is 29.7 Å². The van der Waals surface area contributed by atoms with Crippen molar-refractivity contribution in [1.29, 1.82) is 0 Å². The number of hydrogen-bond donors (Lipinski definition) is 0. The number of nitro groups is 1. The lowest BCUT2D eigenvalue weighted by Crippen LogP contribution is -2.41. The fraction of sp³-hybridized carbons (Fsp3) is 0.111. The van der Waals surface area contributed by atoms with E-state index >= 15 is 0 Å². The van der Waals surface area contributed by atoms with Crippen molar-refractivity contribution in [3.63, 3.8) is 0 Å². The number of carbonyl (C=O) groups is 2. The van der Waals surface area contributed by atoms with Gasteiger partial charge in [0.2, 0.25) is 0 Å². The largest absolute Gasteiger partial charge is 0.330 e. The molecule has 0 saturated carbocycles. The van der Waals surface area contributed by atoms with E-state index in [-0.39, 0.29) is 28.7 Å². The molecule has 0 atom stereocenters. The van der Waals surface area contributed by atoms with Gasteiger partial charge in [-0.05, 0) is 18.2 Å². The van der Waals surface area contributed by atoms with Gasteiger partial charge in [-0.15, -0.1) is 15.3 Å². The van der Waals surface area contributed by atoms with Crippen molar-refractivity contribution in [2.75, 3.05) is 23.9 Å². The average Bonchev–Trinajstić information content (AvgIpc) is 3.11. The number of para-hydroxylation sites is 1. The van der Waals surface area contributed by atoms with E-state index in [0.717, 1.165) is 4.68 Å². The van der Waals surface area contributed by atoms with Crippen LogP contribution in [-0.4, -0.2) is 45.7 Å². The Labute approximate surface area is 169 Å². The zero-order valence-corrected chi connectivity index (χ0v) is 15.8. The van der Waals surface area contributed by atoms with E-state index in [9.17, 15) is 19.7 Å². The molecular formula is C18H14N8O4. The van der Waals surface area contributed by atoms with Crippen LogP contribution in [0.25, 0.3) is 0 Å². The Hall–Kier alpha value is -4.48. The van der Waals surface area contributed by atoms with Crippen LogP contribution < -0.4 is 9.80 Å². The lowest BCUT2D eigenvalue weighted by molar-refractivity contribution is -0.384. The third kappa shape index (κ3) is 2.96. The van der Waals surface area contributed by atoms with E-state index in [4.69, 9.17) is 0 Å². The summed E-state index contributed by atoms with van der Waals surface area (Å²) >= 11 is 0. The highest BCUT2D eigenvalue weighted by Gasteiger charge is 2.37. The SMILES string of the molecule is CN1C(=O)N(C)c2c(N=Nc3ccccc3[N+](=O)[O-])c1nn2C(=O)c1ccncc1. The molecule has 0 radical (unpaired) electrons. The lowest BCUT2D eigenvalue weighted by Gasteiger charge is -2.26. The molecule has 0 saturated heterocycles. The van der Waals surface area contributed by atoms with Crippen LogP contribution in [0, 0.1) is 10.1 Å². The maximum Gasteiger partial charge on any atom is 0.330 e. The molecule has 12 heteroatoms. The number of urea groups is 1. The monoisotopic (exact) mass is 406 g/mol. The molecule has 3 heterocycles. The number of hydrogen-bond acceptors (Lipinski definition) is 8. The summed E-state index contributed by atoms with van der Waals surface area (Å²) in [5.41, 5.74) is 0.261. The zero-order valence-electron chi connectivity index (χ0n) is 15.8. The number of aromatic nitrogens is 3. The van der Waals surface area contributed by atoms with Crippen LogP contribution in [-0.2, 0) is 0 Å². The van der Waals surface area contributed by atoms with Gasteiger partial charge in [0, 0.05) is 38.1 Å². The first-order chi connectivity index (χ1) is 14.4. The minimum Gasteiger partial charge on any atom is -0.279 e. The highest BCUT2D eigenvalue weighted by atomic mass is 16.6. The molecule has 1 aromatic carbocycles. The predicted molar refractivity (Wildman–Crippen MR) is 106 cm³/mol. The van der Waals surface area contributed by atoms with Crippen LogP contribution in [0.3, 0.4) is 0 Å². The maximum atomic E-state index is 13.0. The van der Waals surface area contributed by atoms with E-state index in [1.54, 1.807) is 6.07 Å². The summed E-state index contributed by atoms with van der Waals surface area (Å²) in [5.74, 6) is -0.272. The second-order valence-electron chi connectivity index (χ2n) is 6.30. The number of benzene rings is 1. The third-order valence-electron chi connectivity index (χ3n) is 4.48. The number of nitro benzene ring substituents is 1. The Morgan fingerprint density at radius 3 is 2.47 bits per heavy atom. The van der Waals surface area contributed by atoms with E-state index in [0.29, 0.717) is 5.56 Å². The molecule has 12 nitrogen and oxygen atoms in total. The minimum absolute atomic E-state index is 0.0322. The molecule has 0 aliphatic carbocycles. The molecule has 2 bridgehead atoms. The number of fused-ring (bicyclic) bond motifs is 2. The minimum atomic E-state index is -0.569. The molecule has 2 aromatic heterocycles. The Morgan fingerprint density at radius 1 is 1.07 bits per heavy atom. The fourth-order valence-electron chi connectivity index (χ4n) is 2.98. The Kier molecular flexibility index (Phi) is 4.50. The van der Waals surface area contributed by atoms with Crippen LogP contribution in [0.2, 0.25) is 0 Å². The number of pyridine rings is 1. The van der Waals surface area contributed by atoms with Crippen molar-refractivity contribution in [2.24, 2.45) is 10.2 Å². The summed E-state index contributed by atoms with van der Waals surface area (Å²) in [6, 6.07) is 8.48. The van der Waals surface area contributed by atoms with Crippen LogP contribution in [0.5, 0.6) is 0 Å². The number of azo groups is 1. The highest BCUT2D eigenvalue weighted by Crippen LogP contribution is 2.43. The quantitative estimate of drug-likeness (QED) is 0.370. The first kappa shape index (κ1) is 18.9. The number of nitrogens with zero attached hydrogens (tertiary/aromatic N) is 8. The topological polar surface area (TPSA) is 139 Å². The number of anilines is 2. The average molecular weight is 406 g/mol. The third-order valence-corrected chi connectivity index (χ3v) is 4.48. The van der Waals surface area contributed by atoms with Gasteiger partial charge in [0.25, 0.3) is 11.6 Å². The molecule has 30 heavy (non-hydrogen) atoms. The van der Waals surface area contributed by atoms with Gasteiger partial charge in [0.05, 0.1) is 4.92 Å². The summed E-state index contributed by atoms with van der Waals surface area (Å²) < 4.78 is 1.06. The zero-order chi connectivity index (χ0) is 21.4. The molecule has 1 aliphatic rings. The molecule has 3 aromatic rings. The second-order valence-corrected chi connectivity index (χ2v) is 6.30. The second kappa shape index (κ2) is 7.16. The summed E-state index contributed by atoms with van der Waals surface area (Å²) in [6.45, 7) is 0. The van der Waals surface area contributed by atoms with Crippen molar-refractivity contribution in [3.8, 4) is 0 Å². The summed E-state index contributed by atoms with van der Waals surface area (Å²) in [4.78, 5) is 42.4. The van der Waals surface area contributed by atoms with E-state index < -0.39 is 16.9 Å². The summed E-state index contributed by atoms with van der Waals surface area (Å²) in [6.07, 6.45) is 2.93. The molecule has 0 spiro atoms.